The van der Waals surface area contributed by atoms with Crippen molar-refractivity contribution in [2.24, 2.45) is 0 Å². The molecule has 2 heterocycles. The molecule has 0 amide bonds. The number of thiophene rings is 1. The molecule has 24 heavy (non-hydrogen) atoms. The van der Waals surface area contributed by atoms with E-state index in [1.807, 2.05) is 32.0 Å². The Balaban J connectivity index is 2.19. The minimum absolute atomic E-state index is 0.0210. The number of aromatic nitrogens is 2. The van der Waals surface area contributed by atoms with Crippen molar-refractivity contribution in [1.29, 1.82) is 5.26 Å². The largest absolute Gasteiger partial charge is 0.292 e. The molecule has 0 bridgehead atoms. The Bertz CT molecular complexity index is 1010. The first-order chi connectivity index (χ1) is 11.5. The summed E-state index contributed by atoms with van der Waals surface area (Å²) in [6.45, 7) is 6.54. The minimum Gasteiger partial charge on any atom is -0.292 e. The van der Waals surface area contributed by atoms with Crippen molar-refractivity contribution in [3.8, 4) is 6.07 Å². The van der Waals surface area contributed by atoms with E-state index in [1.165, 1.54) is 0 Å². The first-order valence-electron chi connectivity index (χ1n) is 8.03. The summed E-state index contributed by atoms with van der Waals surface area (Å²) in [5, 5.41) is 9.80. The standard InChI is InChI=1S/C19H19N3OS/c1-4-6-16-21-18-17(12(2)13(3)24-18)19(23)22(16)11-15-8-5-7-14(9-15)10-20/h5,7-9H,4,6,11H2,1-3H3. The summed E-state index contributed by atoms with van der Waals surface area (Å²) in [4.78, 5) is 19.8. The molecule has 122 valence electrons. The molecule has 1 aromatic carbocycles. The van der Waals surface area contributed by atoms with Crippen LogP contribution in [0.25, 0.3) is 10.2 Å². The van der Waals surface area contributed by atoms with Crippen LogP contribution in [0.3, 0.4) is 0 Å². The quantitative estimate of drug-likeness (QED) is 0.724. The van der Waals surface area contributed by atoms with Crippen LogP contribution in [-0.4, -0.2) is 9.55 Å². The van der Waals surface area contributed by atoms with Gasteiger partial charge in [-0.1, -0.05) is 19.1 Å². The van der Waals surface area contributed by atoms with E-state index >= 15 is 0 Å². The average Bonchev–Trinajstić information content (AvgIpc) is 2.86. The van der Waals surface area contributed by atoms with Gasteiger partial charge in [0.15, 0.2) is 0 Å². The Kier molecular flexibility index (Phi) is 4.50. The molecule has 0 unspecified atom stereocenters. The van der Waals surface area contributed by atoms with Gasteiger partial charge in [0.2, 0.25) is 0 Å². The number of nitrogens with zero attached hydrogens (tertiary/aromatic N) is 3. The molecule has 5 heteroatoms. The van der Waals surface area contributed by atoms with Crippen LogP contribution in [0.1, 0.15) is 40.7 Å². The highest BCUT2D eigenvalue weighted by Crippen LogP contribution is 2.26. The van der Waals surface area contributed by atoms with Gasteiger partial charge in [-0.25, -0.2) is 4.98 Å². The summed E-state index contributed by atoms with van der Waals surface area (Å²) >= 11 is 1.59. The van der Waals surface area contributed by atoms with Crippen molar-refractivity contribution in [3.05, 3.63) is 62.0 Å². The summed E-state index contributed by atoms with van der Waals surface area (Å²) in [6.07, 6.45) is 1.69. The third-order valence-corrected chi connectivity index (χ3v) is 5.34. The van der Waals surface area contributed by atoms with Gasteiger partial charge in [-0.15, -0.1) is 11.3 Å². The molecule has 3 rings (SSSR count). The normalized spacial score (nSPS) is 10.9. The molecular formula is C19H19N3OS. The molecule has 4 nitrogen and oxygen atoms in total. The molecule has 0 atom stereocenters. The second-order valence-corrected chi connectivity index (χ2v) is 7.15. The van der Waals surface area contributed by atoms with E-state index in [1.54, 1.807) is 22.0 Å². The fourth-order valence-corrected chi connectivity index (χ4v) is 3.91. The molecule has 3 aromatic rings. The topological polar surface area (TPSA) is 58.7 Å². The summed E-state index contributed by atoms with van der Waals surface area (Å²) in [5.41, 5.74) is 2.59. The molecule has 0 radical (unpaired) electrons. The van der Waals surface area contributed by atoms with Crippen molar-refractivity contribution >= 4 is 21.6 Å². The number of hydrogen-bond donors (Lipinski definition) is 0. The predicted octanol–water partition coefficient (Wildman–Crippen LogP) is 3.95. The Morgan fingerprint density at radius 1 is 1.33 bits per heavy atom. The van der Waals surface area contributed by atoms with Gasteiger partial charge >= 0.3 is 0 Å². The number of nitriles is 1. The molecule has 0 saturated heterocycles. The molecule has 0 aliphatic heterocycles. The molecule has 0 N–H and O–H groups in total. The first-order valence-corrected chi connectivity index (χ1v) is 8.85. The van der Waals surface area contributed by atoms with E-state index in [-0.39, 0.29) is 5.56 Å². The fourth-order valence-electron chi connectivity index (χ4n) is 2.87. The van der Waals surface area contributed by atoms with E-state index in [0.29, 0.717) is 12.1 Å². The van der Waals surface area contributed by atoms with Gasteiger partial charge < -0.3 is 0 Å². The van der Waals surface area contributed by atoms with Gasteiger partial charge in [0.25, 0.3) is 5.56 Å². The van der Waals surface area contributed by atoms with Crippen molar-refractivity contribution < 1.29 is 0 Å². The van der Waals surface area contributed by atoms with Crippen LogP contribution in [-0.2, 0) is 13.0 Å². The Labute approximate surface area is 145 Å². The second kappa shape index (κ2) is 6.58. The number of benzene rings is 1. The lowest BCUT2D eigenvalue weighted by molar-refractivity contribution is 0.666. The average molecular weight is 337 g/mol. The van der Waals surface area contributed by atoms with E-state index < -0.39 is 0 Å². The maximum Gasteiger partial charge on any atom is 0.262 e. The van der Waals surface area contributed by atoms with E-state index in [0.717, 1.165) is 44.9 Å². The molecule has 0 spiro atoms. The van der Waals surface area contributed by atoms with E-state index in [2.05, 4.69) is 13.0 Å². The number of aryl methyl sites for hydroxylation is 3. The SMILES string of the molecule is CCCc1nc2sc(C)c(C)c2c(=O)n1Cc1cccc(C#N)c1. The number of rotatable bonds is 4. The molecule has 0 aliphatic rings. The van der Waals surface area contributed by atoms with Crippen LogP contribution in [0.2, 0.25) is 0 Å². The third kappa shape index (κ3) is 2.85. The summed E-state index contributed by atoms with van der Waals surface area (Å²) in [7, 11) is 0. The predicted molar refractivity (Wildman–Crippen MR) is 97.6 cm³/mol. The van der Waals surface area contributed by atoms with Gasteiger partial charge in [0, 0.05) is 11.3 Å². The van der Waals surface area contributed by atoms with Crippen molar-refractivity contribution in [2.75, 3.05) is 0 Å². The van der Waals surface area contributed by atoms with Crippen LogP contribution < -0.4 is 5.56 Å². The zero-order valence-electron chi connectivity index (χ0n) is 14.1. The second-order valence-electron chi connectivity index (χ2n) is 5.94. The van der Waals surface area contributed by atoms with Crippen LogP contribution in [0.4, 0.5) is 0 Å². The zero-order chi connectivity index (χ0) is 17.3. The summed E-state index contributed by atoms with van der Waals surface area (Å²) in [5.74, 6) is 0.818. The van der Waals surface area contributed by atoms with Gasteiger partial charge in [-0.05, 0) is 43.5 Å². The van der Waals surface area contributed by atoms with Crippen molar-refractivity contribution in [1.82, 2.24) is 9.55 Å². The summed E-state index contributed by atoms with van der Waals surface area (Å²) < 4.78 is 1.77. The molecule has 2 aromatic heterocycles. The highest BCUT2D eigenvalue weighted by atomic mass is 32.1. The van der Waals surface area contributed by atoms with E-state index in [4.69, 9.17) is 10.2 Å². The lowest BCUT2D eigenvalue weighted by atomic mass is 10.1. The monoisotopic (exact) mass is 337 g/mol. The maximum atomic E-state index is 13.1. The summed E-state index contributed by atoms with van der Waals surface area (Å²) in [6, 6.07) is 9.55. The number of fused-ring (bicyclic) bond motifs is 1. The Morgan fingerprint density at radius 3 is 2.83 bits per heavy atom. The Hall–Kier alpha value is -2.45. The lowest BCUT2D eigenvalue weighted by Crippen LogP contribution is -2.26. The number of hydrogen-bond acceptors (Lipinski definition) is 4. The van der Waals surface area contributed by atoms with Gasteiger partial charge in [0.1, 0.15) is 10.7 Å². The van der Waals surface area contributed by atoms with Gasteiger partial charge in [-0.2, -0.15) is 5.26 Å². The highest BCUT2D eigenvalue weighted by molar-refractivity contribution is 7.18. The van der Waals surface area contributed by atoms with Gasteiger partial charge in [0.05, 0.1) is 23.6 Å². The third-order valence-electron chi connectivity index (χ3n) is 4.24. The maximum absolute atomic E-state index is 13.1. The van der Waals surface area contributed by atoms with Crippen molar-refractivity contribution in [3.63, 3.8) is 0 Å². The molecule has 0 saturated carbocycles. The molecule has 0 aliphatic carbocycles. The van der Waals surface area contributed by atoms with Crippen LogP contribution in [0.15, 0.2) is 29.1 Å². The van der Waals surface area contributed by atoms with Gasteiger partial charge in [-0.3, -0.25) is 9.36 Å². The minimum atomic E-state index is 0.0210. The zero-order valence-corrected chi connectivity index (χ0v) is 14.9. The van der Waals surface area contributed by atoms with E-state index in [9.17, 15) is 4.79 Å². The first kappa shape index (κ1) is 16.4. The van der Waals surface area contributed by atoms with Crippen molar-refractivity contribution in [2.45, 2.75) is 40.2 Å². The fraction of sp³-hybridized carbons (Fsp3) is 0.316. The Morgan fingerprint density at radius 2 is 2.12 bits per heavy atom. The smallest absolute Gasteiger partial charge is 0.262 e. The molecule has 0 fully saturated rings. The lowest BCUT2D eigenvalue weighted by Gasteiger charge is -2.12. The van der Waals surface area contributed by atoms with Crippen LogP contribution >= 0.6 is 11.3 Å². The van der Waals surface area contributed by atoms with Crippen LogP contribution in [0, 0.1) is 25.2 Å². The van der Waals surface area contributed by atoms with Crippen LogP contribution in [0.5, 0.6) is 0 Å². The molecular weight excluding hydrogens is 318 g/mol. The highest BCUT2D eigenvalue weighted by Gasteiger charge is 2.16.